The molecule has 0 bridgehead atoms. The number of alkyl halides is 3. The van der Waals surface area contributed by atoms with E-state index in [-0.39, 0.29) is 22.9 Å². The minimum Gasteiger partial charge on any atom is -0.497 e. The molecule has 3 aromatic rings. The molecule has 3 N–H and O–H groups in total. The Morgan fingerprint density at radius 1 is 1.17 bits per heavy atom. The van der Waals surface area contributed by atoms with E-state index >= 15 is 0 Å². The van der Waals surface area contributed by atoms with Crippen molar-refractivity contribution in [3.05, 3.63) is 76.7 Å². The van der Waals surface area contributed by atoms with Gasteiger partial charge in [0.05, 0.1) is 29.8 Å². The van der Waals surface area contributed by atoms with Crippen LogP contribution in [-0.2, 0) is 6.18 Å². The Morgan fingerprint density at radius 2 is 1.87 bits per heavy atom. The quantitative estimate of drug-likeness (QED) is 0.668. The second-order valence-electron chi connectivity index (χ2n) is 6.56. The van der Waals surface area contributed by atoms with E-state index in [0.29, 0.717) is 22.6 Å². The number of H-pyrrole nitrogens is 1. The van der Waals surface area contributed by atoms with Gasteiger partial charge in [0.25, 0.3) is 0 Å². The number of halogens is 3. The number of nitrogens with one attached hydrogen (secondary N) is 1. The monoisotopic (exact) mass is 412 g/mol. The van der Waals surface area contributed by atoms with Crippen molar-refractivity contribution in [3.63, 3.8) is 0 Å². The molecule has 9 heteroatoms. The molecule has 0 spiro atoms. The van der Waals surface area contributed by atoms with Gasteiger partial charge in [-0.2, -0.15) is 18.4 Å². The predicted molar refractivity (Wildman–Crippen MR) is 101 cm³/mol. The zero-order valence-corrected chi connectivity index (χ0v) is 15.6. The number of nitrogens with two attached hydrogens (primary N) is 1. The van der Waals surface area contributed by atoms with Gasteiger partial charge in [0.15, 0.2) is 0 Å². The molecular formula is C21H15F3N4O2. The average molecular weight is 412 g/mol. The zero-order valence-electron chi connectivity index (χ0n) is 15.6. The first kappa shape index (κ1) is 19.4. The van der Waals surface area contributed by atoms with Crippen LogP contribution in [0.2, 0.25) is 0 Å². The van der Waals surface area contributed by atoms with E-state index in [4.69, 9.17) is 15.2 Å². The molecule has 1 unspecified atom stereocenters. The van der Waals surface area contributed by atoms with Crippen LogP contribution < -0.4 is 15.2 Å². The molecule has 152 valence electrons. The molecule has 0 aliphatic carbocycles. The number of hydrogen-bond acceptors (Lipinski definition) is 5. The summed E-state index contributed by atoms with van der Waals surface area (Å²) in [6.07, 6.45) is -4.62. The Morgan fingerprint density at radius 3 is 2.50 bits per heavy atom. The summed E-state index contributed by atoms with van der Waals surface area (Å²) in [4.78, 5) is 0. The fourth-order valence-corrected chi connectivity index (χ4v) is 3.54. The molecule has 0 radical (unpaired) electrons. The van der Waals surface area contributed by atoms with E-state index in [2.05, 4.69) is 10.2 Å². The number of nitrogens with zero attached hydrogens (tertiary/aromatic N) is 2. The van der Waals surface area contributed by atoms with E-state index < -0.39 is 17.7 Å². The summed E-state index contributed by atoms with van der Waals surface area (Å²) < 4.78 is 51.8. The topological polar surface area (TPSA) is 97.0 Å². The molecule has 1 aromatic heterocycles. The molecular weight excluding hydrogens is 397 g/mol. The molecule has 1 aliphatic rings. The summed E-state index contributed by atoms with van der Waals surface area (Å²) in [7, 11) is 1.53. The highest BCUT2D eigenvalue weighted by molar-refractivity contribution is 5.71. The lowest BCUT2D eigenvalue weighted by Gasteiger charge is -2.26. The third-order valence-electron chi connectivity index (χ3n) is 4.89. The highest BCUT2D eigenvalue weighted by atomic mass is 19.4. The highest BCUT2D eigenvalue weighted by Gasteiger charge is 2.41. The Labute approximate surface area is 169 Å². The van der Waals surface area contributed by atoms with E-state index in [1.807, 2.05) is 6.07 Å². The van der Waals surface area contributed by atoms with Crippen LogP contribution in [-0.4, -0.2) is 17.3 Å². The summed E-state index contributed by atoms with van der Waals surface area (Å²) in [6, 6.07) is 13.9. The van der Waals surface area contributed by atoms with E-state index in [1.54, 1.807) is 24.3 Å². The first-order chi connectivity index (χ1) is 14.3. The lowest BCUT2D eigenvalue weighted by atomic mass is 9.81. The van der Waals surface area contributed by atoms with Crippen LogP contribution in [0, 0.1) is 11.3 Å². The van der Waals surface area contributed by atoms with Crippen molar-refractivity contribution >= 4 is 0 Å². The lowest BCUT2D eigenvalue weighted by molar-refractivity contribution is -0.138. The molecule has 0 saturated heterocycles. The zero-order chi connectivity index (χ0) is 21.5. The Bertz CT molecular complexity index is 1170. The van der Waals surface area contributed by atoms with Gasteiger partial charge in [-0.25, -0.2) is 0 Å². The predicted octanol–water partition coefficient (Wildman–Crippen LogP) is 4.32. The minimum absolute atomic E-state index is 0.0271. The summed E-state index contributed by atoms with van der Waals surface area (Å²) in [5.74, 6) is -0.740. The lowest BCUT2D eigenvalue weighted by Crippen LogP contribution is -2.23. The van der Waals surface area contributed by atoms with E-state index in [1.165, 1.54) is 25.3 Å². The second-order valence-corrected chi connectivity index (χ2v) is 6.56. The van der Waals surface area contributed by atoms with Crippen LogP contribution in [0.1, 0.15) is 22.6 Å². The summed E-state index contributed by atoms with van der Waals surface area (Å²) >= 11 is 0. The van der Waals surface area contributed by atoms with Gasteiger partial charge in [-0.15, -0.1) is 5.10 Å². The van der Waals surface area contributed by atoms with Crippen LogP contribution in [0.25, 0.3) is 11.3 Å². The third-order valence-corrected chi connectivity index (χ3v) is 4.89. The van der Waals surface area contributed by atoms with Crippen LogP contribution in [0.5, 0.6) is 11.6 Å². The molecule has 1 aliphatic heterocycles. The van der Waals surface area contributed by atoms with Gasteiger partial charge in [-0.1, -0.05) is 18.2 Å². The van der Waals surface area contributed by atoms with E-state index in [0.717, 1.165) is 6.07 Å². The van der Waals surface area contributed by atoms with Gasteiger partial charge in [0.2, 0.25) is 11.8 Å². The molecule has 6 nitrogen and oxygen atoms in total. The number of allylic oxidation sites excluding steroid dienone is 1. The number of aromatic nitrogens is 2. The van der Waals surface area contributed by atoms with Gasteiger partial charge in [-0.3, -0.25) is 5.10 Å². The fraction of sp³-hybridized carbons (Fsp3) is 0.143. The number of rotatable bonds is 3. The van der Waals surface area contributed by atoms with Gasteiger partial charge in [0.1, 0.15) is 17.4 Å². The number of aromatic amines is 1. The fourth-order valence-electron chi connectivity index (χ4n) is 3.54. The standard InChI is InChI=1S/C21H15F3N4O2/c1-29-12-8-6-11(7-9-12)18-17-16(13-4-2-3-5-15(13)21(22,23)24)14(10-25)19(26)30-20(17)28-27-18/h2-9,16H,26H2,1H3,(H,27,28). The largest absolute Gasteiger partial charge is 0.497 e. The SMILES string of the molecule is COc1ccc(-c2[nH]nc3c2C(c2ccccc2C(F)(F)F)C(C#N)=C(N)O3)cc1. The molecule has 1 atom stereocenters. The van der Waals surface area contributed by atoms with Crippen molar-refractivity contribution in [1.82, 2.24) is 10.2 Å². The number of ether oxygens (including phenoxy) is 2. The van der Waals surface area contributed by atoms with Crippen molar-refractivity contribution in [2.45, 2.75) is 12.1 Å². The number of methoxy groups -OCH3 is 1. The van der Waals surface area contributed by atoms with Crippen LogP contribution >= 0.6 is 0 Å². The van der Waals surface area contributed by atoms with Crippen LogP contribution in [0.3, 0.4) is 0 Å². The molecule has 0 saturated carbocycles. The summed E-state index contributed by atoms with van der Waals surface area (Å²) in [6.45, 7) is 0. The average Bonchev–Trinajstić information content (AvgIpc) is 3.15. The molecule has 2 heterocycles. The summed E-state index contributed by atoms with van der Waals surface area (Å²) in [5.41, 5.74) is 6.16. The Hall–Kier alpha value is -3.93. The maximum atomic E-state index is 13.7. The maximum absolute atomic E-state index is 13.7. The van der Waals surface area contributed by atoms with Crippen molar-refractivity contribution in [2.75, 3.05) is 7.11 Å². The molecule has 30 heavy (non-hydrogen) atoms. The van der Waals surface area contributed by atoms with Crippen LogP contribution in [0.4, 0.5) is 13.2 Å². The van der Waals surface area contributed by atoms with Gasteiger partial charge in [0, 0.05) is 5.56 Å². The number of benzene rings is 2. The van der Waals surface area contributed by atoms with Crippen molar-refractivity contribution in [2.24, 2.45) is 5.73 Å². The highest BCUT2D eigenvalue weighted by Crippen LogP contribution is 2.48. The Balaban J connectivity index is 1.97. The summed E-state index contributed by atoms with van der Waals surface area (Å²) in [5, 5.41) is 16.6. The van der Waals surface area contributed by atoms with Crippen molar-refractivity contribution < 1.29 is 22.6 Å². The second kappa shape index (κ2) is 7.15. The van der Waals surface area contributed by atoms with E-state index in [9.17, 15) is 18.4 Å². The van der Waals surface area contributed by atoms with Gasteiger partial charge < -0.3 is 15.2 Å². The van der Waals surface area contributed by atoms with Crippen molar-refractivity contribution in [3.8, 4) is 29.0 Å². The number of nitriles is 1. The smallest absolute Gasteiger partial charge is 0.416 e. The third kappa shape index (κ3) is 3.12. The number of hydrogen-bond donors (Lipinski definition) is 2. The molecule has 0 amide bonds. The number of fused-ring (bicyclic) bond motifs is 1. The molecule has 0 fully saturated rings. The normalized spacial score (nSPS) is 15.9. The van der Waals surface area contributed by atoms with Gasteiger partial charge >= 0.3 is 6.18 Å². The van der Waals surface area contributed by atoms with Gasteiger partial charge in [-0.05, 0) is 35.9 Å². The Kier molecular flexibility index (Phi) is 4.62. The van der Waals surface area contributed by atoms with Crippen LogP contribution in [0.15, 0.2) is 60.0 Å². The minimum atomic E-state index is -4.62. The maximum Gasteiger partial charge on any atom is 0.416 e. The molecule has 4 rings (SSSR count). The first-order valence-electron chi connectivity index (χ1n) is 8.81. The first-order valence-corrected chi connectivity index (χ1v) is 8.81. The van der Waals surface area contributed by atoms with Crippen molar-refractivity contribution in [1.29, 1.82) is 5.26 Å². The molecule has 2 aromatic carbocycles.